The summed E-state index contributed by atoms with van der Waals surface area (Å²) in [5.74, 6) is 0.721. The number of thiophene rings is 1. The molecule has 0 aliphatic rings. The van der Waals surface area contributed by atoms with Crippen molar-refractivity contribution in [3.05, 3.63) is 15.1 Å². The molecule has 2 aromatic heterocycles. The Morgan fingerprint density at radius 3 is 3.20 bits per heavy atom. The van der Waals surface area contributed by atoms with Gasteiger partial charge in [0.1, 0.15) is 5.52 Å². The largest absolute Gasteiger partial charge is 0.440 e. The molecule has 0 radical (unpaired) electrons. The van der Waals surface area contributed by atoms with Crippen LogP contribution in [-0.4, -0.2) is 4.98 Å². The van der Waals surface area contributed by atoms with Crippen LogP contribution in [0, 0.1) is 6.92 Å². The molecule has 10 heavy (non-hydrogen) atoms. The van der Waals surface area contributed by atoms with Gasteiger partial charge in [-0.25, -0.2) is 4.98 Å². The Morgan fingerprint density at radius 2 is 2.50 bits per heavy atom. The number of hydrogen-bond acceptors (Lipinski definition) is 3. The van der Waals surface area contributed by atoms with Crippen LogP contribution in [0.2, 0.25) is 0 Å². The summed E-state index contributed by atoms with van der Waals surface area (Å²) in [5.41, 5.74) is 1.80. The van der Waals surface area contributed by atoms with Crippen molar-refractivity contribution in [2.45, 2.75) is 6.92 Å². The summed E-state index contributed by atoms with van der Waals surface area (Å²) in [4.78, 5) is 4.17. The van der Waals surface area contributed by atoms with Crippen molar-refractivity contribution in [3.63, 3.8) is 0 Å². The van der Waals surface area contributed by atoms with Crippen molar-refractivity contribution in [1.29, 1.82) is 0 Å². The third-order valence-corrected chi connectivity index (χ3v) is 2.88. The maximum Gasteiger partial charge on any atom is 0.192 e. The van der Waals surface area contributed by atoms with E-state index in [1.165, 1.54) is 0 Å². The highest BCUT2D eigenvalue weighted by atomic mass is 79.9. The van der Waals surface area contributed by atoms with Crippen molar-refractivity contribution in [2.75, 3.05) is 0 Å². The van der Waals surface area contributed by atoms with Crippen LogP contribution in [-0.2, 0) is 0 Å². The fourth-order valence-electron chi connectivity index (χ4n) is 0.825. The van der Waals surface area contributed by atoms with E-state index in [9.17, 15) is 0 Å². The molecule has 0 atom stereocenters. The van der Waals surface area contributed by atoms with Gasteiger partial charge in [-0.1, -0.05) is 0 Å². The molecular weight excluding hydrogens is 214 g/mol. The Balaban J connectivity index is 2.90. The minimum Gasteiger partial charge on any atom is -0.440 e. The average molecular weight is 218 g/mol. The van der Waals surface area contributed by atoms with E-state index in [4.69, 9.17) is 4.42 Å². The van der Waals surface area contributed by atoms with E-state index in [1.54, 1.807) is 11.3 Å². The van der Waals surface area contributed by atoms with E-state index in [1.807, 2.05) is 12.3 Å². The van der Waals surface area contributed by atoms with Crippen LogP contribution in [0.4, 0.5) is 0 Å². The van der Waals surface area contributed by atoms with Crippen LogP contribution >= 0.6 is 27.3 Å². The number of nitrogens with zero attached hydrogens (tertiary/aromatic N) is 1. The van der Waals surface area contributed by atoms with Gasteiger partial charge in [-0.15, -0.1) is 11.3 Å². The lowest BCUT2D eigenvalue weighted by atomic mass is 10.6. The molecule has 2 nitrogen and oxygen atoms in total. The Hall–Kier alpha value is -0.350. The smallest absolute Gasteiger partial charge is 0.192 e. The van der Waals surface area contributed by atoms with E-state index in [2.05, 4.69) is 20.9 Å². The second-order valence-corrected chi connectivity index (χ2v) is 4.15. The second-order valence-electron chi connectivity index (χ2n) is 1.96. The second kappa shape index (κ2) is 2.07. The number of rotatable bonds is 0. The molecule has 0 aromatic carbocycles. The highest BCUT2D eigenvalue weighted by molar-refractivity contribution is 9.11. The molecule has 0 fully saturated rings. The predicted molar refractivity (Wildman–Crippen MR) is 44.3 cm³/mol. The Bertz CT molecular complexity index is 365. The fourth-order valence-corrected chi connectivity index (χ4v) is 2.02. The monoisotopic (exact) mass is 217 g/mol. The van der Waals surface area contributed by atoms with Gasteiger partial charge in [0.2, 0.25) is 0 Å². The van der Waals surface area contributed by atoms with Crippen LogP contribution in [0.3, 0.4) is 0 Å². The predicted octanol–water partition coefficient (Wildman–Crippen LogP) is 2.96. The maximum absolute atomic E-state index is 5.26. The first-order valence-electron chi connectivity index (χ1n) is 2.77. The van der Waals surface area contributed by atoms with E-state index in [0.29, 0.717) is 0 Å². The van der Waals surface area contributed by atoms with Gasteiger partial charge in [0, 0.05) is 12.3 Å². The highest BCUT2D eigenvalue weighted by Crippen LogP contribution is 2.30. The molecule has 52 valence electrons. The summed E-state index contributed by atoms with van der Waals surface area (Å²) in [6.45, 7) is 1.84. The Kier molecular flexibility index (Phi) is 1.32. The summed E-state index contributed by atoms with van der Waals surface area (Å²) in [6, 6.07) is 0. The van der Waals surface area contributed by atoms with Gasteiger partial charge in [0.25, 0.3) is 0 Å². The van der Waals surface area contributed by atoms with Crippen LogP contribution in [0.25, 0.3) is 11.1 Å². The minimum absolute atomic E-state index is 0.721. The third-order valence-electron chi connectivity index (χ3n) is 1.22. The van der Waals surface area contributed by atoms with Crippen LogP contribution < -0.4 is 0 Å². The van der Waals surface area contributed by atoms with Crippen LogP contribution in [0.1, 0.15) is 5.89 Å². The number of hydrogen-bond donors (Lipinski definition) is 0. The first-order valence-corrected chi connectivity index (χ1v) is 4.45. The van der Waals surface area contributed by atoms with Gasteiger partial charge in [0.15, 0.2) is 11.5 Å². The van der Waals surface area contributed by atoms with Gasteiger partial charge in [-0.2, -0.15) is 0 Å². The molecule has 0 aliphatic carbocycles. The van der Waals surface area contributed by atoms with Gasteiger partial charge in [-0.05, 0) is 15.9 Å². The number of fused-ring (bicyclic) bond motifs is 1. The van der Waals surface area contributed by atoms with Crippen molar-refractivity contribution in [1.82, 2.24) is 4.98 Å². The summed E-state index contributed by atoms with van der Waals surface area (Å²) >= 11 is 4.97. The normalized spacial score (nSPS) is 11.0. The number of aromatic nitrogens is 1. The molecule has 2 rings (SSSR count). The fraction of sp³-hybridized carbons (Fsp3) is 0.167. The van der Waals surface area contributed by atoms with Crippen molar-refractivity contribution in [3.8, 4) is 0 Å². The number of oxazole rings is 1. The first-order chi connectivity index (χ1) is 4.77. The zero-order valence-electron chi connectivity index (χ0n) is 5.22. The molecule has 0 unspecified atom stereocenters. The molecule has 0 aliphatic heterocycles. The molecule has 0 saturated heterocycles. The summed E-state index contributed by atoms with van der Waals surface area (Å²) in [5, 5.41) is 1.94. The maximum atomic E-state index is 5.26. The lowest BCUT2D eigenvalue weighted by molar-refractivity contribution is 0.562. The highest BCUT2D eigenvalue weighted by Gasteiger charge is 2.06. The lowest BCUT2D eigenvalue weighted by Gasteiger charge is -1.73. The van der Waals surface area contributed by atoms with Crippen LogP contribution in [0.15, 0.2) is 13.6 Å². The van der Waals surface area contributed by atoms with Gasteiger partial charge < -0.3 is 4.42 Å². The molecule has 0 amide bonds. The molecule has 0 saturated carbocycles. The minimum atomic E-state index is 0.721. The Morgan fingerprint density at radius 1 is 1.70 bits per heavy atom. The molecule has 0 N–H and O–H groups in total. The third kappa shape index (κ3) is 0.793. The topological polar surface area (TPSA) is 26.0 Å². The van der Waals surface area contributed by atoms with Gasteiger partial charge >= 0.3 is 0 Å². The van der Waals surface area contributed by atoms with E-state index >= 15 is 0 Å². The standard InChI is InChI=1S/C6H4BrNOS/c1-3-8-5-4(9-3)2-10-6(5)7/h2H,1H3. The number of aryl methyl sites for hydroxylation is 1. The van der Waals surface area contributed by atoms with Crippen molar-refractivity contribution < 1.29 is 4.42 Å². The first kappa shape index (κ1) is 6.37. The SMILES string of the molecule is Cc1nc2c(Br)scc2o1. The van der Waals surface area contributed by atoms with Gasteiger partial charge in [0.05, 0.1) is 3.79 Å². The quantitative estimate of drug-likeness (QED) is 0.679. The summed E-state index contributed by atoms with van der Waals surface area (Å²) in [6.07, 6.45) is 0. The van der Waals surface area contributed by atoms with Crippen molar-refractivity contribution >= 4 is 38.4 Å². The zero-order valence-corrected chi connectivity index (χ0v) is 7.62. The summed E-state index contributed by atoms with van der Waals surface area (Å²) < 4.78 is 6.30. The van der Waals surface area contributed by atoms with Crippen LogP contribution in [0.5, 0.6) is 0 Å². The zero-order chi connectivity index (χ0) is 7.14. The lowest BCUT2D eigenvalue weighted by Crippen LogP contribution is -1.64. The summed E-state index contributed by atoms with van der Waals surface area (Å²) in [7, 11) is 0. The molecule has 0 spiro atoms. The van der Waals surface area contributed by atoms with Crippen molar-refractivity contribution in [2.24, 2.45) is 0 Å². The van der Waals surface area contributed by atoms with E-state index in [-0.39, 0.29) is 0 Å². The van der Waals surface area contributed by atoms with E-state index in [0.717, 1.165) is 20.8 Å². The van der Waals surface area contributed by atoms with E-state index < -0.39 is 0 Å². The van der Waals surface area contributed by atoms with Gasteiger partial charge in [-0.3, -0.25) is 0 Å². The Labute approximate surface area is 70.0 Å². The molecule has 2 aromatic rings. The molecular formula is C6H4BrNOS. The average Bonchev–Trinajstić information content (AvgIpc) is 2.35. The number of halogens is 1. The molecule has 0 bridgehead atoms. The molecule has 4 heteroatoms. The molecule has 2 heterocycles.